The molecule has 2 aromatic rings. The molecule has 0 saturated carbocycles. The second-order valence-electron chi connectivity index (χ2n) is 2.86. The van der Waals surface area contributed by atoms with Crippen molar-refractivity contribution in [1.29, 1.82) is 0 Å². The second-order valence-corrected chi connectivity index (χ2v) is 2.86. The summed E-state index contributed by atoms with van der Waals surface area (Å²) in [5.41, 5.74) is 0.765. The van der Waals surface area contributed by atoms with Gasteiger partial charge in [0.05, 0.1) is 17.4 Å². The third kappa shape index (κ3) is 1.18. The van der Waals surface area contributed by atoms with Gasteiger partial charge in [0.15, 0.2) is 0 Å². The summed E-state index contributed by atoms with van der Waals surface area (Å²) in [5.74, 6) is 0. The van der Waals surface area contributed by atoms with Crippen molar-refractivity contribution in [2.45, 2.75) is 6.43 Å². The van der Waals surface area contributed by atoms with E-state index in [4.69, 9.17) is 0 Å². The third-order valence-electron chi connectivity index (χ3n) is 2.11. The summed E-state index contributed by atoms with van der Waals surface area (Å²) < 4.78 is 26.3. The number of hydrogen-bond donors (Lipinski definition) is 0. The van der Waals surface area contributed by atoms with E-state index in [9.17, 15) is 8.78 Å². The predicted molar refractivity (Wildman–Crippen MR) is 45.7 cm³/mol. The van der Waals surface area contributed by atoms with E-state index >= 15 is 0 Å². The van der Waals surface area contributed by atoms with Gasteiger partial charge in [0.2, 0.25) is 0 Å². The van der Waals surface area contributed by atoms with Gasteiger partial charge in [0, 0.05) is 18.6 Å². The fourth-order valence-electron chi connectivity index (χ4n) is 1.40. The molecule has 0 aliphatic heterocycles. The largest absolute Gasteiger partial charge is 0.342 e. The highest BCUT2D eigenvalue weighted by molar-refractivity contribution is 5.80. The topological polar surface area (TPSA) is 17.8 Å². The SMILES string of the molecule is Cn1c(C(F)F)cc2ccncc21. The smallest absolute Gasteiger partial charge is 0.278 e. The van der Waals surface area contributed by atoms with Crippen LogP contribution >= 0.6 is 0 Å². The van der Waals surface area contributed by atoms with Gasteiger partial charge in [-0.1, -0.05) is 0 Å². The molecule has 13 heavy (non-hydrogen) atoms. The molecule has 4 heteroatoms. The summed E-state index contributed by atoms with van der Waals surface area (Å²) in [6.07, 6.45) is 0.746. The maximum Gasteiger partial charge on any atom is 0.278 e. The minimum atomic E-state index is -2.43. The average Bonchev–Trinajstić information content (AvgIpc) is 2.45. The molecule has 0 fully saturated rings. The highest BCUT2D eigenvalue weighted by atomic mass is 19.3. The van der Waals surface area contributed by atoms with Crippen molar-refractivity contribution in [3.8, 4) is 0 Å². The maximum absolute atomic E-state index is 12.4. The van der Waals surface area contributed by atoms with Crippen LogP contribution in [0.15, 0.2) is 24.5 Å². The summed E-state index contributed by atoms with van der Waals surface area (Å²) in [4.78, 5) is 3.88. The van der Waals surface area contributed by atoms with E-state index in [-0.39, 0.29) is 5.69 Å². The Morgan fingerprint density at radius 3 is 2.85 bits per heavy atom. The Kier molecular flexibility index (Phi) is 1.76. The molecule has 0 aromatic carbocycles. The van der Waals surface area contributed by atoms with Gasteiger partial charge in [-0.15, -0.1) is 0 Å². The Bertz CT molecular complexity index is 434. The predicted octanol–water partition coefficient (Wildman–Crippen LogP) is 2.51. The number of alkyl halides is 2. The Balaban J connectivity index is 2.74. The number of pyridine rings is 1. The first-order chi connectivity index (χ1) is 6.20. The summed E-state index contributed by atoms with van der Waals surface area (Å²) in [6, 6.07) is 3.21. The molecule has 0 radical (unpaired) electrons. The van der Waals surface area contributed by atoms with E-state index in [2.05, 4.69) is 4.98 Å². The molecular weight excluding hydrogens is 174 g/mol. The first-order valence-corrected chi connectivity index (χ1v) is 3.87. The van der Waals surface area contributed by atoms with E-state index < -0.39 is 6.43 Å². The molecule has 0 bridgehead atoms. The Hall–Kier alpha value is -1.45. The lowest BCUT2D eigenvalue weighted by atomic mass is 10.3. The molecule has 0 N–H and O–H groups in total. The van der Waals surface area contributed by atoms with Crippen LogP contribution in [0.25, 0.3) is 10.9 Å². The lowest BCUT2D eigenvalue weighted by molar-refractivity contribution is 0.143. The quantitative estimate of drug-likeness (QED) is 0.662. The lowest BCUT2D eigenvalue weighted by Crippen LogP contribution is -1.95. The molecule has 2 nitrogen and oxygen atoms in total. The molecule has 0 amide bonds. The number of aryl methyl sites for hydroxylation is 1. The van der Waals surface area contributed by atoms with Crippen LogP contribution in [0.3, 0.4) is 0 Å². The van der Waals surface area contributed by atoms with Crippen LogP contribution in [0, 0.1) is 0 Å². The van der Waals surface area contributed by atoms with Crippen molar-refractivity contribution >= 4 is 10.9 Å². The Labute approximate surface area is 73.8 Å². The van der Waals surface area contributed by atoms with Crippen molar-refractivity contribution in [3.05, 3.63) is 30.2 Å². The number of hydrogen-bond acceptors (Lipinski definition) is 1. The van der Waals surface area contributed by atoms with Crippen LogP contribution in [-0.2, 0) is 7.05 Å². The van der Waals surface area contributed by atoms with Crippen molar-refractivity contribution in [2.24, 2.45) is 7.05 Å². The van der Waals surface area contributed by atoms with Crippen LogP contribution in [0.2, 0.25) is 0 Å². The molecule has 0 aliphatic rings. The van der Waals surface area contributed by atoms with Gasteiger partial charge in [-0.3, -0.25) is 4.98 Å². The van der Waals surface area contributed by atoms with E-state index in [0.29, 0.717) is 0 Å². The minimum Gasteiger partial charge on any atom is -0.342 e. The Morgan fingerprint density at radius 1 is 1.46 bits per heavy atom. The van der Waals surface area contributed by atoms with Gasteiger partial charge in [-0.25, -0.2) is 8.78 Å². The molecular formula is C9H8F2N2. The number of aromatic nitrogens is 2. The van der Waals surface area contributed by atoms with Crippen molar-refractivity contribution in [2.75, 3.05) is 0 Å². The number of halogens is 2. The highest BCUT2D eigenvalue weighted by Gasteiger charge is 2.13. The van der Waals surface area contributed by atoms with Gasteiger partial charge in [-0.05, 0) is 12.1 Å². The summed E-state index contributed by atoms with van der Waals surface area (Å²) in [7, 11) is 1.62. The molecule has 2 heterocycles. The van der Waals surface area contributed by atoms with Crippen molar-refractivity contribution in [1.82, 2.24) is 9.55 Å². The zero-order chi connectivity index (χ0) is 9.42. The van der Waals surface area contributed by atoms with Crippen molar-refractivity contribution in [3.63, 3.8) is 0 Å². The second kappa shape index (κ2) is 2.80. The van der Waals surface area contributed by atoms with Crippen LogP contribution in [-0.4, -0.2) is 9.55 Å². The van der Waals surface area contributed by atoms with Crippen LogP contribution in [0.1, 0.15) is 12.1 Å². The van der Waals surface area contributed by atoms with Crippen LogP contribution < -0.4 is 0 Å². The fourth-order valence-corrected chi connectivity index (χ4v) is 1.40. The number of nitrogens with zero attached hydrogens (tertiary/aromatic N) is 2. The van der Waals surface area contributed by atoms with Gasteiger partial charge in [-0.2, -0.15) is 0 Å². The van der Waals surface area contributed by atoms with Gasteiger partial charge >= 0.3 is 0 Å². The summed E-state index contributed by atoms with van der Waals surface area (Å²) in [6.45, 7) is 0. The normalized spacial score (nSPS) is 11.4. The van der Waals surface area contributed by atoms with E-state index in [1.165, 1.54) is 10.6 Å². The summed E-state index contributed by atoms with van der Waals surface area (Å²) in [5, 5.41) is 0.799. The third-order valence-corrected chi connectivity index (χ3v) is 2.11. The van der Waals surface area contributed by atoms with Gasteiger partial charge in [0.25, 0.3) is 6.43 Å². The lowest BCUT2D eigenvalue weighted by Gasteiger charge is -2.00. The molecule has 2 aromatic heterocycles. The number of fused-ring (bicyclic) bond motifs is 1. The molecule has 0 unspecified atom stereocenters. The zero-order valence-corrected chi connectivity index (χ0v) is 7.04. The standard InChI is InChI=1S/C9H8F2N2/c1-13-7(9(10)11)4-6-2-3-12-5-8(6)13/h2-5,9H,1H3. The summed E-state index contributed by atoms with van der Waals surface area (Å²) >= 11 is 0. The van der Waals surface area contributed by atoms with Gasteiger partial charge in [0.1, 0.15) is 0 Å². The van der Waals surface area contributed by atoms with E-state index in [1.54, 1.807) is 25.5 Å². The first kappa shape index (κ1) is 8.16. The number of rotatable bonds is 1. The van der Waals surface area contributed by atoms with E-state index in [1.807, 2.05) is 0 Å². The minimum absolute atomic E-state index is 0.0306. The monoisotopic (exact) mass is 182 g/mol. The average molecular weight is 182 g/mol. The fraction of sp³-hybridized carbons (Fsp3) is 0.222. The molecule has 0 saturated heterocycles. The highest BCUT2D eigenvalue weighted by Crippen LogP contribution is 2.25. The Morgan fingerprint density at radius 2 is 2.23 bits per heavy atom. The van der Waals surface area contributed by atoms with Gasteiger partial charge < -0.3 is 4.57 Å². The first-order valence-electron chi connectivity index (χ1n) is 3.87. The molecule has 0 aliphatic carbocycles. The molecule has 0 spiro atoms. The van der Waals surface area contributed by atoms with E-state index in [0.717, 1.165) is 10.9 Å². The molecule has 68 valence electrons. The van der Waals surface area contributed by atoms with Crippen molar-refractivity contribution < 1.29 is 8.78 Å². The molecule has 2 rings (SSSR count). The van der Waals surface area contributed by atoms with Crippen LogP contribution in [0.5, 0.6) is 0 Å². The molecule has 0 atom stereocenters. The zero-order valence-electron chi connectivity index (χ0n) is 7.04. The maximum atomic E-state index is 12.4. The van der Waals surface area contributed by atoms with Crippen LogP contribution in [0.4, 0.5) is 8.78 Å².